The molecule has 0 bridgehead atoms. The van der Waals surface area contributed by atoms with Crippen LogP contribution in [0.5, 0.6) is 11.5 Å². The molecule has 18 heavy (non-hydrogen) atoms. The van der Waals surface area contributed by atoms with Crippen LogP contribution in [0.15, 0.2) is 18.2 Å². The fraction of sp³-hybridized carbons (Fsp3) is 0.462. The van der Waals surface area contributed by atoms with E-state index in [0.717, 1.165) is 19.6 Å². The number of rotatable bonds is 5. The SMILES string of the molecule is COc1ccc(C(=N)N)c(OCC2CCOC2)c1. The van der Waals surface area contributed by atoms with Gasteiger partial charge in [0.2, 0.25) is 0 Å². The van der Waals surface area contributed by atoms with Gasteiger partial charge in [-0.3, -0.25) is 5.41 Å². The number of amidine groups is 1. The largest absolute Gasteiger partial charge is 0.497 e. The third-order valence-corrected chi connectivity index (χ3v) is 2.98. The van der Waals surface area contributed by atoms with Gasteiger partial charge in [0, 0.05) is 18.6 Å². The Morgan fingerprint density at radius 2 is 2.39 bits per heavy atom. The normalized spacial score (nSPS) is 18.6. The first-order valence-electron chi connectivity index (χ1n) is 5.93. The van der Waals surface area contributed by atoms with Crippen LogP contribution in [-0.2, 0) is 4.74 Å². The van der Waals surface area contributed by atoms with Gasteiger partial charge in [0.05, 0.1) is 25.9 Å². The van der Waals surface area contributed by atoms with Crippen molar-refractivity contribution in [1.29, 1.82) is 5.41 Å². The van der Waals surface area contributed by atoms with Crippen molar-refractivity contribution < 1.29 is 14.2 Å². The number of nitrogens with two attached hydrogens (primary N) is 1. The average Bonchev–Trinajstić information content (AvgIpc) is 2.88. The molecule has 1 saturated heterocycles. The molecule has 5 nitrogen and oxygen atoms in total. The van der Waals surface area contributed by atoms with Crippen LogP contribution in [0, 0.1) is 11.3 Å². The minimum absolute atomic E-state index is 0.00433. The van der Waals surface area contributed by atoms with Crippen molar-refractivity contribution in [2.24, 2.45) is 11.7 Å². The lowest BCUT2D eigenvalue weighted by Crippen LogP contribution is -2.16. The van der Waals surface area contributed by atoms with E-state index in [2.05, 4.69) is 0 Å². The quantitative estimate of drug-likeness (QED) is 0.611. The van der Waals surface area contributed by atoms with Crippen molar-refractivity contribution in [2.45, 2.75) is 6.42 Å². The third kappa shape index (κ3) is 2.92. The number of hydrogen-bond acceptors (Lipinski definition) is 4. The molecule has 1 aromatic rings. The van der Waals surface area contributed by atoms with E-state index in [0.29, 0.717) is 29.6 Å². The summed E-state index contributed by atoms with van der Waals surface area (Å²) in [6, 6.07) is 5.26. The highest BCUT2D eigenvalue weighted by Crippen LogP contribution is 2.25. The molecule has 0 amide bonds. The fourth-order valence-corrected chi connectivity index (χ4v) is 1.89. The fourth-order valence-electron chi connectivity index (χ4n) is 1.89. The molecule has 0 radical (unpaired) electrons. The van der Waals surface area contributed by atoms with Gasteiger partial charge in [-0.15, -0.1) is 0 Å². The van der Waals surface area contributed by atoms with E-state index < -0.39 is 0 Å². The zero-order valence-corrected chi connectivity index (χ0v) is 10.4. The Bertz CT molecular complexity index is 428. The summed E-state index contributed by atoms with van der Waals surface area (Å²) in [5, 5.41) is 7.52. The first kappa shape index (κ1) is 12.7. The second-order valence-electron chi connectivity index (χ2n) is 4.32. The Morgan fingerprint density at radius 3 is 3.00 bits per heavy atom. The number of benzene rings is 1. The third-order valence-electron chi connectivity index (χ3n) is 2.98. The summed E-state index contributed by atoms with van der Waals surface area (Å²) in [5.41, 5.74) is 6.12. The van der Waals surface area contributed by atoms with Crippen LogP contribution < -0.4 is 15.2 Å². The van der Waals surface area contributed by atoms with Gasteiger partial charge < -0.3 is 19.9 Å². The highest BCUT2D eigenvalue weighted by atomic mass is 16.5. The van der Waals surface area contributed by atoms with E-state index in [9.17, 15) is 0 Å². The molecule has 5 heteroatoms. The Morgan fingerprint density at radius 1 is 1.56 bits per heavy atom. The van der Waals surface area contributed by atoms with E-state index in [-0.39, 0.29) is 5.84 Å². The maximum Gasteiger partial charge on any atom is 0.133 e. The zero-order valence-electron chi connectivity index (χ0n) is 10.4. The standard InChI is InChI=1S/C13H18N2O3/c1-16-10-2-3-11(13(14)15)12(6-10)18-8-9-4-5-17-7-9/h2-3,6,9H,4-5,7-8H2,1H3,(H3,14,15). The number of methoxy groups -OCH3 is 1. The summed E-state index contributed by atoms with van der Waals surface area (Å²) in [6.45, 7) is 2.11. The van der Waals surface area contributed by atoms with Crippen LogP contribution in [0.2, 0.25) is 0 Å². The Balaban J connectivity index is 2.10. The molecule has 1 aliphatic rings. The van der Waals surface area contributed by atoms with Gasteiger partial charge >= 0.3 is 0 Å². The van der Waals surface area contributed by atoms with E-state index in [1.54, 1.807) is 25.3 Å². The van der Waals surface area contributed by atoms with Crippen molar-refractivity contribution in [3.63, 3.8) is 0 Å². The van der Waals surface area contributed by atoms with Crippen LogP contribution >= 0.6 is 0 Å². The van der Waals surface area contributed by atoms with Gasteiger partial charge in [-0.25, -0.2) is 0 Å². The number of ether oxygens (including phenoxy) is 3. The molecule has 1 unspecified atom stereocenters. The van der Waals surface area contributed by atoms with Crippen molar-refractivity contribution in [3.8, 4) is 11.5 Å². The summed E-state index contributed by atoms with van der Waals surface area (Å²) >= 11 is 0. The monoisotopic (exact) mass is 250 g/mol. The number of hydrogen-bond donors (Lipinski definition) is 2. The Labute approximate surface area is 106 Å². The molecule has 1 aromatic carbocycles. The summed E-state index contributed by atoms with van der Waals surface area (Å²) in [7, 11) is 1.59. The molecular formula is C13H18N2O3. The van der Waals surface area contributed by atoms with Crippen LogP contribution in [0.4, 0.5) is 0 Å². The van der Waals surface area contributed by atoms with Crippen LogP contribution in [0.3, 0.4) is 0 Å². The highest BCUT2D eigenvalue weighted by molar-refractivity contribution is 5.97. The first-order chi connectivity index (χ1) is 8.70. The summed E-state index contributed by atoms with van der Waals surface area (Å²) in [5.74, 6) is 1.69. The zero-order chi connectivity index (χ0) is 13.0. The van der Waals surface area contributed by atoms with Crippen molar-refractivity contribution >= 4 is 5.84 Å². The Kier molecular flexibility index (Phi) is 4.04. The number of nitrogens with one attached hydrogen (secondary N) is 1. The van der Waals surface area contributed by atoms with E-state index in [1.165, 1.54) is 0 Å². The van der Waals surface area contributed by atoms with Gasteiger partial charge in [-0.1, -0.05) is 0 Å². The second-order valence-corrected chi connectivity index (χ2v) is 4.32. The summed E-state index contributed by atoms with van der Waals surface area (Å²) in [4.78, 5) is 0. The molecule has 1 atom stereocenters. The predicted octanol–water partition coefficient (Wildman–Crippen LogP) is 1.39. The predicted molar refractivity (Wildman–Crippen MR) is 68.4 cm³/mol. The molecule has 98 valence electrons. The lowest BCUT2D eigenvalue weighted by Gasteiger charge is -2.14. The Hall–Kier alpha value is -1.75. The molecule has 2 rings (SSSR count). The molecule has 0 spiro atoms. The first-order valence-corrected chi connectivity index (χ1v) is 5.93. The maximum absolute atomic E-state index is 7.52. The summed E-state index contributed by atoms with van der Waals surface area (Å²) in [6.07, 6.45) is 1.01. The minimum atomic E-state index is -0.00433. The lowest BCUT2D eigenvalue weighted by atomic mass is 10.1. The molecule has 0 aliphatic carbocycles. The van der Waals surface area contributed by atoms with E-state index in [1.807, 2.05) is 0 Å². The van der Waals surface area contributed by atoms with Gasteiger partial charge in [0.15, 0.2) is 0 Å². The topological polar surface area (TPSA) is 77.6 Å². The second kappa shape index (κ2) is 5.73. The molecule has 0 saturated carbocycles. The van der Waals surface area contributed by atoms with Gasteiger partial charge in [-0.05, 0) is 18.6 Å². The van der Waals surface area contributed by atoms with Crippen molar-refractivity contribution in [2.75, 3.05) is 26.9 Å². The lowest BCUT2D eigenvalue weighted by molar-refractivity contribution is 0.167. The molecular weight excluding hydrogens is 232 g/mol. The molecule has 1 aliphatic heterocycles. The smallest absolute Gasteiger partial charge is 0.133 e. The van der Waals surface area contributed by atoms with Crippen LogP contribution in [0.1, 0.15) is 12.0 Å². The van der Waals surface area contributed by atoms with Gasteiger partial charge in [0.25, 0.3) is 0 Å². The van der Waals surface area contributed by atoms with Gasteiger partial charge in [0.1, 0.15) is 17.3 Å². The van der Waals surface area contributed by atoms with Crippen LogP contribution in [0.25, 0.3) is 0 Å². The van der Waals surface area contributed by atoms with Gasteiger partial charge in [-0.2, -0.15) is 0 Å². The van der Waals surface area contributed by atoms with E-state index >= 15 is 0 Å². The average molecular weight is 250 g/mol. The van der Waals surface area contributed by atoms with Crippen molar-refractivity contribution in [3.05, 3.63) is 23.8 Å². The summed E-state index contributed by atoms with van der Waals surface area (Å²) < 4.78 is 16.2. The van der Waals surface area contributed by atoms with Crippen LogP contribution in [-0.4, -0.2) is 32.8 Å². The van der Waals surface area contributed by atoms with E-state index in [4.69, 9.17) is 25.4 Å². The highest BCUT2D eigenvalue weighted by Gasteiger charge is 2.17. The molecule has 1 fully saturated rings. The molecule has 0 aromatic heterocycles. The molecule has 3 N–H and O–H groups in total. The minimum Gasteiger partial charge on any atom is -0.497 e. The maximum atomic E-state index is 7.52. The number of nitrogen functional groups attached to an aromatic ring is 1. The molecule has 1 heterocycles. The van der Waals surface area contributed by atoms with Crippen molar-refractivity contribution in [1.82, 2.24) is 0 Å².